The van der Waals surface area contributed by atoms with E-state index in [-0.39, 0.29) is 11.9 Å². The first-order valence-corrected chi connectivity index (χ1v) is 10.1. The van der Waals surface area contributed by atoms with Crippen LogP contribution in [0.15, 0.2) is 72.1 Å². The van der Waals surface area contributed by atoms with Crippen molar-refractivity contribution in [3.8, 4) is 0 Å². The van der Waals surface area contributed by atoms with Gasteiger partial charge in [0, 0.05) is 29.1 Å². The Labute approximate surface area is 163 Å². The Morgan fingerprint density at radius 1 is 0.926 bits per heavy atom. The van der Waals surface area contributed by atoms with Crippen molar-refractivity contribution < 1.29 is 4.79 Å². The largest absolute Gasteiger partial charge is 0.352 e. The van der Waals surface area contributed by atoms with Gasteiger partial charge in [-0.3, -0.25) is 4.79 Å². The molecule has 1 aliphatic heterocycles. The molecule has 4 rings (SSSR count). The van der Waals surface area contributed by atoms with Gasteiger partial charge in [0.1, 0.15) is 0 Å². The second-order valence-electron chi connectivity index (χ2n) is 6.75. The van der Waals surface area contributed by atoms with Crippen LogP contribution in [0.2, 0.25) is 0 Å². The summed E-state index contributed by atoms with van der Waals surface area (Å²) in [5, 5.41) is 5.05. The summed E-state index contributed by atoms with van der Waals surface area (Å²) >= 11 is 1.72. The fourth-order valence-electron chi connectivity index (χ4n) is 3.40. The maximum absolute atomic E-state index is 12.3. The van der Waals surface area contributed by atoms with Crippen molar-refractivity contribution in [2.75, 3.05) is 6.54 Å². The number of nitrogens with one attached hydrogen (secondary N) is 3. The first kappa shape index (κ1) is 17.9. The Hall–Kier alpha value is -2.47. The van der Waals surface area contributed by atoms with E-state index < -0.39 is 0 Å². The van der Waals surface area contributed by atoms with E-state index in [1.807, 2.05) is 36.4 Å². The lowest BCUT2D eigenvalue weighted by atomic mass is 9.97. The minimum atomic E-state index is -0.0159. The van der Waals surface area contributed by atoms with Crippen LogP contribution in [-0.2, 0) is 6.42 Å². The van der Waals surface area contributed by atoms with Gasteiger partial charge in [-0.15, -0.1) is 11.3 Å². The standard InChI is InChI=1S/C22H23N3OS/c26-22(23-13-12-19-7-4-14-27-19)18-10-8-17(9-11-18)21-15-20(24-25-21)16-5-2-1-3-6-16/h1-11,14,20-21,24-25H,12-13,15H2,(H,23,26). The first-order chi connectivity index (χ1) is 13.3. The van der Waals surface area contributed by atoms with Gasteiger partial charge >= 0.3 is 0 Å². The Morgan fingerprint density at radius 2 is 1.63 bits per heavy atom. The van der Waals surface area contributed by atoms with Crippen molar-refractivity contribution in [3.05, 3.63) is 93.7 Å². The van der Waals surface area contributed by atoms with Gasteiger partial charge in [-0.25, -0.2) is 10.9 Å². The van der Waals surface area contributed by atoms with E-state index in [0.717, 1.165) is 12.8 Å². The zero-order valence-electron chi connectivity index (χ0n) is 15.0. The summed E-state index contributed by atoms with van der Waals surface area (Å²) in [5.74, 6) is -0.0159. The number of carbonyl (C=O) groups is 1. The molecule has 2 unspecified atom stereocenters. The van der Waals surface area contributed by atoms with Gasteiger partial charge < -0.3 is 5.32 Å². The van der Waals surface area contributed by atoms with Crippen LogP contribution in [0.1, 0.15) is 44.9 Å². The molecule has 2 heterocycles. The Bertz CT molecular complexity index is 862. The number of thiophene rings is 1. The predicted octanol–water partition coefficient (Wildman–Crippen LogP) is 4.00. The summed E-state index contributed by atoms with van der Waals surface area (Å²) in [6, 6.07) is 23.0. The predicted molar refractivity (Wildman–Crippen MR) is 110 cm³/mol. The molecule has 0 saturated carbocycles. The van der Waals surface area contributed by atoms with Crippen LogP contribution < -0.4 is 16.2 Å². The van der Waals surface area contributed by atoms with Crippen molar-refractivity contribution in [2.24, 2.45) is 0 Å². The molecule has 1 aromatic heterocycles. The summed E-state index contributed by atoms with van der Waals surface area (Å²) in [6.45, 7) is 0.661. The number of rotatable bonds is 6. The topological polar surface area (TPSA) is 53.2 Å². The van der Waals surface area contributed by atoms with Crippen LogP contribution in [0.4, 0.5) is 0 Å². The van der Waals surface area contributed by atoms with E-state index in [2.05, 4.69) is 51.9 Å². The molecule has 0 spiro atoms. The van der Waals surface area contributed by atoms with Gasteiger partial charge in [0.05, 0.1) is 0 Å². The highest BCUT2D eigenvalue weighted by atomic mass is 32.1. The van der Waals surface area contributed by atoms with Crippen LogP contribution in [0.5, 0.6) is 0 Å². The van der Waals surface area contributed by atoms with Crippen molar-refractivity contribution >= 4 is 17.2 Å². The summed E-state index contributed by atoms with van der Waals surface area (Å²) in [5.41, 5.74) is 9.92. The molecule has 2 aromatic carbocycles. The quantitative estimate of drug-likeness (QED) is 0.609. The van der Waals surface area contributed by atoms with E-state index in [1.54, 1.807) is 11.3 Å². The molecule has 0 aliphatic carbocycles. The highest BCUT2D eigenvalue weighted by molar-refractivity contribution is 7.09. The van der Waals surface area contributed by atoms with Gasteiger partial charge in [0.2, 0.25) is 0 Å². The molecule has 3 N–H and O–H groups in total. The van der Waals surface area contributed by atoms with Gasteiger partial charge in [0.15, 0.2) is 0 Å². The number of hydrazine groups is 1. The zero-order valence-corrected chi connectivity index (χ0v) is 15.8. The highest BCUT2D eigenvalue weighted by Crippen LogP contribution is 2.30. The summed E-state index contributed by atoms with van der Waals surface area (Å²) in [4.78, 5) is 13.6. The highest BCUT2D eigenvalue weighted by Gasteiger charge is 2.25. The molecule has 4 nitrogen and oxygen atoms in total. The Kier molecular flexibility index (Phi) is 5.63. The number of hydrogen-bond acceptors (Lipinski definition) is 4. The molecular weight excluding hydrogens is 354 g/mol. The van der Waals surface area contributed by atoms with Crippen molar-refractivity contribution in [3.63, 3.8) is 0 Å². The molecule has 2 atom stereocenters. The van der Waals surface area contributed by atoms with Crippen molar-refractivity contribution in [2.45, 2.75) is 24.9 Å². The van der Waals surface area contributed by atoms with Crippen LogP contribution in [0.3, 0.4) is 0 Å². The van der Waals surface area contributed by atoms with E-state index in [1.165, 1.54) is 16.0 Å². The van der Waals surface area contributed by atoms with Gasteiger partial charge in [0.25, 0.3) is 5.91 Å². The smallest absolute Gasteiger partial charge is 0.251 e. The van der Waals surface area contributed by atoms with Crippen molar-refractivity contribution in [1.82, 2.24) is 16.2 Å². The molecular formula is C22H23N3OS. The van der Waals surface area contributed by atoms with Gasteiger partial charge in [-0.2, -0.15) is 0 Å². The average molecular weight is 378 g/mol. The van der Waals surface area contributed by atoms with Crippen molar-refractivity contribution in [1.29, 1.82) is 0 Å². The van der Waals surface area contributed by atoms with Crippen LogP contribution in [0.25, 0.3) is 0 Å². The maximum Gasteiger partial charge on any atom is 0.251 e. The van der Waals surface area contributed by atoms with E-state index in [9.17, 15) is 4.79 Å². The average Bonchev–Trinajstić information content (AvgIpc) is 3.41. The monoisotopic (exact) mass is 377 g/mol. The molecule has 1 saturated heterocycles. The second kappa shape index (κ2) is 8.48. The Morgan fingerprint density at radius 3 is 2.30 bits per heavy atom. The third-order valence-corrected chi connectivity index (χ3v) is 5.85. The summed E-state index contributed by atoms with van der Waals surface area (Å²) in [6.07, 6.45) is 1.86. The molecule has 0 radical (unpaired) electrons. The molecule has 1 amide bonds. The molecule has 1 aliphatic rings. The molecule has 3 aromatic rings. The minimum absolute atomic E-state index is 0.0159. The number of hydrogen-bond donors (Lipinski definition) is 3. The number of amides is 1. The van der Waals surface area contributed by atoms with E-state index >= 15 is 0 Å². The van der Waals surface area contributed by atoms with Crippen LogP contribution in [-0.4, -0.2) is 12.5 Å². The molecule has 5 heteroatoms. The number of carbonyl (C=O) groups excluding carboxylic acids is 1. The fraction of sp³-hybridized carbons (Fsp3) is 0.227. The van der Waals surface area contributed by atoms with Gasteiger partial charge in [-0.05, 0) is 47.5 Å². The van der Waals surface area contributed by atoms with Gasteiger partial charge in [-0.1, -0.05) is 48.5 Å². The lowest BCUT2D eigenvalue weighted by Gasteiger charge is -2.11. The fourth-order valence-corrected chi connectivity index (χ4v) is 4.11. The second-order valence-corrected chi connectivity index (χ2v) is 7.78. The van der Waals surface area contributed by atoms with E-state index in [4.69, 9.17) is 0 Å². The summed E-state index contributed by atoms with van der Waals surface area (Å²) in [7, 11) is 0. The first-order valence-electron chi connectivity index (χ1n) is 9.26. The SMILES string of the molecule is O=C(NCCc1cccs1)c1ccc(C2CC(c3ccccc3)NN2)cc1. The third kappa shape index (κ3) is 4.45. The van der Waals surface area contributed by atoms with E-state index in [0.29, 0.717) is 18.2 Å². The molecule has 1 fully saturated rings. The normalized spacial score (nSPS) is 19.1. The summed E-state index contributed by atoms with van der Waals surface area (Å²) < 4.78 is 0. The Balaban J connectivity index is 1.31. The zero-order chi connectivity index (χ0) is 18.5. The van der Waals surface area contributed by atoms with Crippen LogP contribution in [0, 0.1) is 0 Å². The lowest BCUT2D eigenvalue weighted by Crippen LogP contribution is -2.27. The third-order valence-electron chi connectivity index (χ3n) is 4.92. The maximum atomic E-state index is 12.3. The molecule has 138 valence electrons. The molecule has 0 bridgehead atoms. The minimum Gasteiger partial charge on any atom is -0.352 e. The number of benzene rings is 2. The van der Waals surface area contributed by atoms with Crippen LogP contribution >= 0.6 is 11.3 Å². The lowest BCUT2D eigenvalue weighted by molar-refractivity contribution is 0.0954. The molecule has 27 heavy (non-hydrogen) atoms.